The monoisotopic (exact) mass is 497 g/mol. The smallest absolute Gasteiger partial charge is 0.251 e. The zero-order valence-electron chi connectivity index (χ0n) is 20.3. The number of aromatic nitrogens is 2. The summed E-state index contributed by atoms with van der Waals surface area (Å²) in [5.74, 6) is -1.09. The van der Waals surface area contributed by atoms with Crippen molar-refractivity contribution in [3.8, 4) is 11.3 Å². The van der Waals surface area contributed by atoms with Crippen LogP contribution in [0.1, 0.15) is 38.1 Å². The number of hydrogen-bond donors (Lipinski definition) is 3. The molecule has 0 spiro atoms. The molecule has 10 heteroatoms. The molecule has 2 aromatic carbocycles. The fourth-order valence-electron chi connectivity index (χ4n) is 3.64. The van der Waals surface area contributed by atoms with Gasteiger partial charge in [0.15, 0.2) is 0 Å². The Labute approximate surface area is 206 Å². The molecule has 0 bridgehead atoms. The Morgan fingerprint density at radius 1 is 1.03 bits per heavy atom. The van der Waals surface area contributed by atoms with Gasteiger partial charge in [-0.25, -0.2) is 8.42 Å². The van der Waals surface area contributed by atoms with Crippen molar-refractivity contribution in [2.75, 3.05) is 18.4 Å². The van der Waals surface area contributed by atoms with Gasteiger partial charge in [-0.15, -0.1) is 0 Å². The number of sulfonamides is 1. The van der Waals surface area contributed by atoms with Crippen LogP contribution in [0.5, 0.6) is 0 Å². The molecule has 0 aliphatic rings. The van der Waals surface area contributed by atoms with E-state index in [1.54, 1.807) is 32.2 Å². The van der Waals surface area contributed by atoms with Gasteiger partial charge in [0.05, 0.1) is 10.6 Å². The number of carbonyl (C=O) groups is 2. The van der Waals surface area contributed by atoms with Crippen LogP contribution in [0.2, 0.25) is 0 Å². The van der Waals surface area contributed by atoms with Crippen molar-refractivity contribution in [1.29, 1.82) is 0 Å². The topological polar surface area (TPSA) is 124 Å². The summed E-state index contributed by atoms with van der Waals surface area (Å²) in [5, 5.41) is 12.4. The summed E-state index contributed by atoms with van der Waals surface area (Å²) >= 11 is 0. The lowest BCUT2D eigenvalue weighted by Gasteiger charge is -2.22. The Morgan fingerprint density at radius 3 is 2.29 bits per heavy atom. The molecule has 9 nitrogen and oxygen atoms in total. The number of rotatable bonds is 10. The summed E-state index contributed by atoms with van der Waals surface area (Å²) in [5.41, 5.74) is 2.54. The molecular formula is C25H31N5O4S. The van der Waals surface area contributed by atoms with Gasteiger partial charge in [-0.1, -0.05) is 45.9 Å². The van der Waals surface area contributed by atoms with Crippen molar-refractivity contribution in [1.82, 2.24) is 19.8 Å². The molecule has 1 aromatic heterocycles. The van der Waals surface area contributed by atoms with Gasteiger partial charge in [0.2, 0.25) is 15.9 Å². The van der Waals surface area contributed by atoms with E-state index < -0.39 is 22.0 Å². The minimum atomic E-state index is -3.71. The third-order valence-electron chi connectivity index (χ3n) is 5.64. The standard InChI is InChI=1S/C25H31N5O4S/c1-5-30(6-2)35(33,34)21-9-7-8-19(16-21)24(31)28-23(17(3)4)25(32)27-20-12-10-18(11-13-20)22-14-15-26-29-22/h7-17,23H,5-6H2,1-4H3,(H,26,29)(H,27,32)(H,28,31)/t23-/m0/s1. The number of nitrogens with zero attached hydrogens (tertiary/aromatic N) is 2. The van der Waals surface area contributed by atoms with Crippen LogP contribution < -0.4 is 10.6 Å². The Morgan fingerprint density at radius 2 is 1.71 bits per heavy atom. The fraction of sp³-hybridized carbons (Fsp3) is 0.320. The molecule has 3 N–H and O–H groups in total. The maximum Gasteiger partial charge on any atom is 0.251 e. The van der Waals surface area contributed by atoms with Crippen LogP contribution in [-0.4, -0.2) is 53.9 Å². The molecular weight excluding hydrogens is 466 g/mol. The number of aromatic amines is 1. The highest BCUT2D eigenvalue weighted by Gasteiger charge is 2.26. The first kappa shape index (κ1) is 26.1. The van der Waals surface area contributed by atoms with Crippen molar-refractivity contribution in [3.63, 3.8) is 0 Å². The largest absolute Gasteiger partial charge is 0.340 e. The number of benzene rings is 2. The highest BCUT2D eigenvalue weighted by Crippen LogP contribution is 2.20. The minimum absolute atomic E-state index is 0.0387. The second kappa shape index (κ2) is 11.3. The molecule has 0 unspecified atom stereocenters. The third-order valence-corrected chi connectivity index (χ3v) is 7.69. The van der Waals surface area contributed by atoms with Gasteiger partial charge in [0.1, 0.15) is 6.04 Å². The summed E-state index contributed by atoms with van der Waals surface area (Å²) in [6.45, 7) is 7.82. The summed E-state index contributed by atoms with van der Waals surface area (Å²) < 4.78 is 27.0. The molecule has 35 heavy (non-hydrogen) atoms. The van der Waals surface area contributed by atoms with E-state index in [1.807, 2.05) is 32.0 Å². The zero-order chi connectivity index (χ0) is 25.6. The fourth-order valence-corrected chi connectivity index (χ4v) is 5.14. The van der Waals surface area contributed by atoms with Crippen LogP contribution in [0.3, 0.4) is 0 Å². The van der Waals surface area contributed by atoms with Gasteiger partial charge in [-0.2, -0.15) is 9.40 Å². The second-order valence-corrected chi connectivity index (χ2v) is 10.3. The Balaban J connectivity index is 1.73. The van der Waals surface area contributed by atoms with Crippen molar-refractivity contribution in [2.45, 2.75) is 38.6 Å². The quantitative estimate of drug-likeness (QED) is 0.395. The van der Waals surface area contributed by atoms with Crippen molar-refractivity contribution >= 4 is 27.5 Å². The van der Waals surface area contributed by atoms with E-state index in [2.05, 4.69) is 20.8 Å². The summed E-state index contributed by atoms with van der Waals surface area (Å²) in [6, 6.07) is 14.1. The lowest BCUT2D eigenvalue weighted by Crippen LogP contribution is -2.47. The lowest BCUT2D eigenvalue weighted by atomic mass is 10.0. The maximum absolute atomic E-state index is 13.0. The lowest BCUT2D eigenvalue weighted by molar-refractivity contribution is -0.118. The van der Waals surface area contributed by atoms with Gasteiger partial charge in [-0.05, 0) is 47.9 Å². The molecule has 0 fully saturated rings. The number of carbonyl (C=O) groups excluding carboxylic acids is 2. The van der Waals surface area contributed by atoms with Gasteiger partial charge < -0.3 is 10.6 Å². The Bertz CT molecular complexity index is 1250. The molecule has 0 saturated carbocycles. The van der Waals surface area contributed by atoms with Crippen LogP contribution in [0.25, 0.3) is 11.3 Å². The molecule has 0 aliphatic carbocycles. The molecule has 0 saturated heterocycles. The molecule has 3 rings (SSSR count). The van der Waals surface area contributed by atoms with Crippen molar-refractivity contribution in [3.05, 3.63) is 66.4 Å². The van der Waals surface area contributed by atoms with Crippen molar-refractivity contribution < 1.29 is 18.0 Å². The molecule has 3 aromatic rings. The average Bonchev–Trinajstić information content (AvgIpc) is 3.38. The molecule has 186 valence electrons. The van der Waals surface area contributed by atoms with Crippen LogP contribution in [0.15, 0.2) is 65.7 Å². The number of nitrogens with one attached hydrogen (secondary N) is 3. The van der Waals surface area contributed by atoms with Gasteiger partial charge in [0.25, 0.3) is 5.91 Å². The first-order valence-corrected chi connectivity index (χ1v) is 12.9. The van der Waals surface area contributed by atoms with E-state index in [0.717, 1.165) is 11.3 Å². The van der Waals surface area contributed by atoms with Gasteiger partial charge >= 0.3 is 0 Å². The Hall–Kier alpha value is -3.50. The summed E-state index contributed by atoms with van der Waals surface area (Å²) in [6.07, 6.45) is 1.66. The van der Waals surface area contributed by atoms with E-state index >= 15 is 0 Å². The van der Waals surface area contributed by atoms with Gasteiger partial charge in [0, 0.05) is 30.5 Å². The SMILES string of the molecule is CCN(CC)S(=O)(=O)c1cccc(C(=O)N[C@H](C(=O)Nc2ccc(-c3ccn[nH]3)cc2)C(C)C)c1. The normalized spacial score (nSPS) is 12.5. The second-order valence-electron chi connectivity index (χ2n) is 8.35. The number of hydrogen-bond acceptors (Lipinski definition) is 5. The highest BCUT2D eigenvalue weighted by atomic mass is 32.2. The van der Waals surface area contributed by atoms with Crippen molar-refractivity contribution in [2.24, 2.45) is 5.92 Å². The van der Waals surface area contributed by atoms with Crippen LogP contribution >= 0.6 is 0 Å². The van der Waals surface area contributed by atoms with E-state index in [1.165, 1.54) is 28.6 Å². The van der Waals surface area contributed by atoms with Crippen LogP contribution in [-0.2, 0) is 14.8 Å². The number of amides is 2. The predicted octanol–water partition coefficient (Wildman–Crippen LogP) is 3.50. The van der Waals surface area contributed by atoms with E-state index in [9.17, 15) is 18.0 Å². The molecule has 2 amide bonds. The molecule has 1 atom stereocenters. The minimum Gasteiger partial charge on any atom is -0.340 e. The van der Waals surface area contributed by atoms with E-state index in [0.29, 0.717) is 18.8 Å². The van der Waals surface area contributed by atoms with Gasteiger partial charge in [-0.3, -0.25) is 14.7 Å². The predicted molar refractivity (Wildman–Crippen MR) is 135 cm³/mol. The van der Waals surface area contributed by atoms with E-state index in [4.69, 9.17) is 0 Å². The third kappa shape index (κ3) is 6.14. The molecule has 0 radical (unpaired) electrons. The summed E-state index contributed by atoms with van der Waals surface area (Å²) in [7, 11) is -3.71. The zero-order valence-corrected chi connectivity index (χ0v) is 21.1. The number of H-pyrrole nitrogens is 1. The molecule has 1 heterocycles. The first-order chi connectivity index (χ1) is 16.7. The highest BCUT2D eigenvalue weighted by molar-refractivity contribution is 7.89. The number of anilines is 1. The maximum atomic E-state index is 13.0. The molecule has 0 aliphatic heterocycles. The van der Waals surface area contributed by atoms with Crippen LogP contribution in [0, 0.1) is 5.92 Å². The van der Waals surface area contributed by atoms with Crippen LogP contribution in [0.4, 0.5) is 5.69 Å². The van der Waals surface area contributed by atoms with E-state index in [-0.39, 0.29) is 22.3 Å². The Kier molecular flexibility index (Phi) is 8.42. The average molecular weight is 498 g/mol. The summed E-state index contributed by atoms with van der Waals surface area (Å²) in [4.78, 5) is 26.0. The first-order valence-electron chi connectivity index (χ1n) is 11.5.